The van der Waals surface area contributed by atoms with Gasteiger partial charge in [-0.05, 0) is 19.0 Å². The summed E-state index contributed by atoms with van der Waals surface area (Å²) in [4.78, 5) is 8.91. The molecule has 0 fully saturated rings. The topological polar surface area (TPSA) is 55.6 Å². The van der Waals surface area contributed by atoms with Crippen molar-refractivity contribution in [2.45, 2.75) is 19.4 Å². The molecule has 1 aromatic carbocycles. The third-order valence-corrected chi connectivity index (χ3v) is 3.50. The number of rotatable bonds is 5. The van der Waals surface area contributed by atoms with Crippen LogP contribution in [0.5, 0.6) is 0 Å². The summed E-state index contributed by atoms with van der Waals surface area (Å²) >= 11 is 0. The van der Waals surface area contributed by atoms with Crippen molar-refractivity contribution in [1.29, 1.82) is 0 Å². The Labute approximate surface area is 124 Å². The minimum Gasteiger partial charge on any atom is -0.306 e. The molecule has 0 aliphatic rings. The lowest BCUT2D eigenvalue weighted by molar-refractivity contribution is 0.600. The van der Waals surface area contributed by atoms with Gasteiger partial charge < -0.3 is 5.32 Å². The third kappa shape index (κ3) is 2.78. The standard InChI is InChI=1S/C16H19N5/c1-3-7-18-15(12-10-20-21(2)11-12)13-5-4-6-14-16(13)19-9-8-17-14/h4-6,8-11,15,18H,3,7H2,1-2H3. The van der Waals surface area contributed by atoms with E-state index in [-0.39, 0.29) is 6.04 Å². The van der Waals surface area contributed by atoms with Gasteiger partial charge in [0.05, 0.1) is 23.3 Å². The number of fused-ring (bicyclic) bond motifs is 1. The van der Waals surface area contributed by atoms with Crippen molar-refractivity contribution in [3.8, 4) is 0 Å². The van der Waals surface area contributed by atoms with Crippen molar-refractivity contribution in [3.63, 3.8) is 0 Å². The van der Waals surface area contributed by atoms with Crippen molar-refractivity contribution >= 4 is 11.0 Å². The number of aryl methyl sites for hydroxylation is 1. The number of aromatic nitrogens is 4. The lowest BCUT2D eigenvalue weighted by atomic mass is 9.99. The second kappa shape index (κ2) is 6.01. The molecule has 0 amide bonds. The highest BCUT2D eigenvalue weighted by Crippen LogP contribution is 2.26. The molecule has 0 aliphatic carbocycles. The van der Waals surface area contributed by atoms with Crippen molar-refractivity contribution < 1.29 is 0 Å². The monoisotopic (exact) mass is 281 g/mol. The highest BCUT2D eigenvalue weighted by molar-refractivity contribution is 5.78. The van der Waals surface area contributed by atoms with E-state index in [1.807, 2.05) is 36.3 Å². The molecule has 0 spiro atoms. The minimum absolute atomic E-state index is 0.0825. The van der Waals surface area contributed by atoms with E-state index >= 15 is 0 Å². The highest BCUT2D eigenvalue weighted by atomic mass is 15.2. The molecule has 108 valence electrons. The van der Waals surface area contributed by atoms with Crippen LogP contribution in [0, 0.1) is 0 Å². The molecule has 0 aliphatic heterocycles. The lowest BCUT2D eigenvalue weighted by Crippen LogP contribution is -2.23. The second-order valence-electron chi connectivity index (χ2n) is 5.11. The minimum atomic E-state index is 0.0825. The summed E-state index contributed by atoms with van der Waals surface area (Å²) in [6.07, 6.45) is 8.49. The zero-order valence-electron chi connectivity index (χ0n) is 12.3. The molecule has 0 radical (unpaired) electrons. The van der Waals surface area contributed by atoms with Crippen LogP contribution in [-0.2, 0) is 7.05 Å². The maximum atomic E-state index is 4.51. The first-order chi connectivity index (χ1) is 10.3. The summed E-state index contributed by atoms with van der Waals surface area (Å²) in [5.74, 6) is 0. The lowest BCUT2D eigenvalue weighted by Gasteiger charge is -2.18. The van der Waals surface area contributed by atoms with Gasteiger partial charge in [0.25, 0.3) is 0 Å². The predicted octanol–water partition coefficient (Wildman–Crippen LogP) is 2.45. The van der Waals surface area contributed by atoms with Crippen molar-refractivity contribution in [1.82, 2.24) is 25.1 Å². The molecule has 3 rings (SSSR count). The zero-order chi connectivity index (χ0) is 14.7. The first kappa shape index (κ1) is 13.7. The van der Waals surface area contributed by atoms with E-state index in [1.165, 1.54) is 0 Å². The number of benzene rings is 1. The number of nitrogens with one attached hydrogen (secondary N) is 1. The van der Waals surface area contributed by atoms with Crippen LogP contribution >= 0.6 is 0 Å². The summed E-state index contributed by atoms with van der Waals surface area (Å²) in [7, 11) is 1.93. The van der Waals surface area contributed by atoms with E-state index in [9.17, 15) is 0 Å². The van der Waals surface area contributed by atoms with Gasteiger partial charge in [0.1, 0.15) is 0 Å². The molecule has 5 heteroatoms. The molecule has 0 saturated heterocycles. The van der Waals surface area contributed by atoms with E-state index in [0.29, 0.717) is 0 Å². The Hall–Kier alpha value is -2.27. The van der Waals surface area contributed by atoms with Gasteiger partial charge in [-0.2, -0.15) is 5.10 Å². The maximum absolute atomic E-state index is 4.51. The van der Waals surface area contributed by atoms with Crippen LogP contribution < -0.4 is 5.32 Å². The first-order valence-corrected chi connectivity index (χ1v) is 7.21. The van der Waals surface area contributed by atoms with Gasteiger partial charge in [-0.15, -0.1) is 0 Å². The molecule has 1 atom stereocenters. The van der Waals surface area contributed by atoms with Gasteiger partial charge in [-0.25, -0.2) is 0 Å². The highest BCUT2D eigenvalue weighted by Gasteiger charge is 2.18. The SMILES string of the molecule is CCCNC(c1cnn(C)c1)c1cccc2nccnc12. The Morgan fingerprint density at radius 2 is 2.10 bits per heavy atom. The van der Waals surface area contributed by atoms with Crippen LogP contribution in [0.2, 0.25) is 0 Å². The Morgan fingerprint density at radius 1 is 1.24 bits per heavy atom. The molecule has 21 heavy (non-hydrogen) atoms. The average molecular weight is 281 g/mol. The number of nitrogens with zero attached hydrogens (tertiary/aromatic N) is 4. The van der Waals surface area contributed by atoms with Gasteiger partial charge >= 0.3 is 0 Å². The van der Waals surface area contributed by atoms with Crippen molar-refractivity contribution in [2.75, 3.05) is 6.54 Å². The Kier molecular flexibility index (Phi) is 3.92. The van der Waals surface area contributed by atoms with Gasteiger partial charge in [0.15, 0.2) is 0 Å². The van der Waals surface area contributed by atoms with Crippen molar-refractivity contribution in [2.24, 2.45) is 7.05 Å². The largest absolute Gasteiger partial charge is 0.306 e. The quantitative estimate of drug-likeness (QED) is 0.780. The Bertz CT molecular complexity index is 729. The molecule has 0 bridgehead atoms. The van der Waals surface area contributed by atoms with E-state index in [1.54, 1.807) is 12.4 Å². The third-order valence-electron chi connectivity index (χ3n) is 3.50. The number of hydrogen-bond acceptors (Lipinski definition) is 4. The fraction of sp³-hybridized carbons (Fsp3) is 0.312. The zero-order valence-corrected chi connectivity index (χ0v) is 12.3. The van der Waals surface area contributed by atoms with E-state index in [4.69, 9.17) is 0 Å². The van der Waals surface area contributed by atoms with Crippen LogP contribution in [0.3, 0.4) is 0 Å². The fourth-order valence-electron chi connectivity index (χ4n) is 2.53. The molecule has 2 heterocycles. The Balaban J connectivity index is 2.09. The van der Waals surface area contributed by atoms with Crippen LogP contribution in [0.4, 0.5) is 0 Å². The summed E-state index contributed by atoms with van der Waals surface area (Å²) in [6.45, 7) is 3.10. The summed E-state index contributed by atoms with van der Waals surface area (Å²) in [5, 5.41) is 7.88. The second-order valence-corrected chi connectivity index (χ2v) is 5.11. The van der Waals surface area contributed by atoms with E-state index < -0.39 is 0 Å². The fourth-order valence-corrected chi connectivity index (χ4v) is 2.53. The van der Waals surface area contributed by atoms with Crippen LogP contribution in [0.1, 0.15) is 30.5 Å². The van der Waals surface area contributed by atoms with E-state index in [0.717, 1.165) is 35.1 Å². The molecule has 2 aromatic heterocycles. The van der Waals surface area contributed by atoms with Gasteiger partial charge in [-0.3, -0.25) is 14.6 Å². The molecular formula is C16H19N5. The van der Waals surface area contributed by atoms with Gasteiger partial charge in [0.2, 0.25) is 0 Å². The summed E-state index contributed by atoms with van der Waals surface area (Å²) < 4.78 is 1.83. The van der Waals surface area contributed by atoms with Gasteiger partial charge in [0, 0.05) is 36.8 Å². The smallest absolute Gasteiger partial charge is 0.0938 e. The summed E-state index contributed by atoms with van der Waals surface area (Å²) in [6, 6.07) is 6.21. The van der Waals surface area contributed by atoms with Crippen molar-refractivity contribution in [3.05, 3.63) is 54.1 Å². The average Bonchev–Trinajstić information content (AvgIpc) is 2.94. The number of para-hydroxylation sites is 1. The molecule has 1 N–H and O–H groups in total. The predicted molar refractivity (Wildman–Crippen MR) is 82.9 cm³/mol. The van der Waals surface area contributed by atoms with Crippen LogP contribution in [0.25, 0.3) is 11.0 Å². The van der Waals surface area contributed by atoms with E-state index in [2.05, 4.69) is 33.4 Å². The molecule has 3 aromatic rings. The van der Waals surface area contributed by atoms with Gasteiger partial charge in [-0.1, -0.05) is 19.1 Å². The molecule has 5 nitrogen and oxygen atoms in total. The summed E-state index contributed by atoms with van der Waals surface area (Å²) in [5.41, 5.74) is 4.14. The molecule has 0 saturated carbocycles. The van der Waals surface area contributed by atoms with Crippen LogP contribution in [-0.4, -0.2) is 26.3 Å². The normalized spacial score (nSPS) is 12.7. The maximum Gasteiger partial charge on any atom is 0.0938 e. The first-order valence-electron chi connectivity index (χ1n) is 7.21. The van der Waals surface area contributed by atoms with Crippen LogP contribution in [0.15, 0.2) is 43.0 Å². The molecule has 1 unspecified atom stereocenters. The molecular weight excluding hydrogens is 262 g/mol. The number of hydrogen-bond donors (Lipinski definition) is 1. The Morgan fingerprint density at radius 3 is 2.86 bits per heavy atom.